The fourth-order valence-corrected chi connectivity index (χ4v) is 4.40. The second-order valence-corrected chi connectivity index (χ2v) is 7.03. The zero-order valence-corrected chi connectivity index (χ0v) is 13.1. The number of anilines is 1. The molecule has 1 aromatic rings. The molecule has 2 aliphatic rings. The Morgan fingerprint density at radius 1 is 1.52 bits per heavy atom. The van der Waals surface area contributed by atoms with Crippen molar-refractivity contribution in [2.45, 2.75) is 37.9 Å². The quantitative estimate of drug-likeness (QED) is 0.672. The number of carbonyl (C=O) groups is 1. The van der Waals surface area contributed by atoms with Crippen LogP contribution in [0.4, 0.5) is 5.69 Å². The first-order valence-electron chi connectivity index (χ1n) is 7.37. The number of thioether (sulfide) groups is 1. The van der Waals surface area contributed by atoms with Gasteiger partial charge in [-0.15, -0.1) is 0 Å². The minimum Gasteiger partial charge on any atom is -0.459 e. The number of hydrogen-bond acceptors (Lipinski definition) is 5. The average molecular weight is 307 g/mol. The molecule has 0 amide bonds. The van der Waals surface area contributed by atoms with Crippen LogP contribution in [0.1, 0.15) is 35.2 Å². The maximum Gasteiger partial charge on any atom is 0.338 e. The number of nitrogen functional groups attached to an aromatic ring is 1. The Balaban J connectivity index is 1.68. The molecule has 1 aromatic carbocycles. The van der Waals surface area contributed by atoms with Crippen LogP contribution >= 0.6 is 11.8 Å². The van der Waals surface area contributed by atoms with Gasteiger partial charge < -0.3 is 15.2 Å². The highest BCUT2D eigenvalue weighted by molar-refractivity contribution is 7.99. The van der Waals surface area contributed by atoms with Crippen LogP contribution in [0, 0.1) is 6.92 Å². The van der Waals surface area contributed by atoms with Gasteiger partial charge >= 0.3 is 5.97 Å². The fraction of sp³-hybridized carbons (Fsp3) is 0.562. The molecule has 4 nitrogen and oxygen atoms in total. The van der Waals surface area contributed by atoms with Gasteiger partial charge in [-0.2, -0.15) is 11.8 Å². The summed E-state index contributed by atoms with van der Waals surface area (Å²) in [6.45, 7) is 2.57. The number of ether oxygens (including phenoxy) is 2. The number of aryl methyl sites for hydroxylation is 1. The highest BCUT2D eigenvalue weighted by atomic mass is 32.2. The molecule has 3 rings (SSSR count). The first kappa shape index (κ1) is 14.7. The van der Waals surface area contributed by atoms with E-state index in [-0.39, 0.29) is 17.7 Å². The minimum absolute atomic E-state index is 0.0502. The van der Waals surface area contributed by atoms with E-state index < -0.39 is 0 Å². The highest BCUT2D eigenvalue weighted by Crippen LogP contribution is 2.39. The summed E-state index contributed by atoms with van der Waals surface area (Å²) in [6, 6.07) is 5.34. The molecule has 114 valence electrons. The number of esters is 1. The lowest BCUT2D eigenvalue weighted by atomic mass is 9.91. The molecule has 2 heterocycles. The molecule has 0 aliphatic carbocycles. The van der Waals surface area contributed by atoms with Crippen LogP contribution in [-0.2, 0) is 9.47 Å². The van der Waals surface area contributed by atoms with Crippen LogP contribution in [0.3, 0.4) is 0 Å². The lowest BCUT2D eigenvalue weighted by molar-refractivity contribution is -0.106. The van der Waals surface area contributed by atoms with Crippen LogP contribution in [-0.4, -0.2) is 35.8 Å². The predicted octanol–water partition coefficient (Wildman–Crippen LogP) is 2.79. The van der Waals surface area contributed by atoms with Crippen molar-refractivity contribution in [3.63, 3.8) is 0 Å². The molecule has 0 aromatic heterocycles. The molecule has 5 heteroatoms. The standard InChI is InChI=1S/C16H21NO3S/c1-11-2-3-12(17)8-14(11)15(18)20-13-4-6-19-16(9-13)5-7-21-10-16/h2-3,8,13H,4-7,9-10,17H2,1H3. The molecule has 0 bridgehead atoms. The Kier molecular flexibility index (Phi) is 4.13. The molecular weight excluding hydrogens is 286 g/mol. The number of carbonyl (C=O) groups excluding carboxylic acids is 1. The van der Waals surface area contributed by atoms with Gasteiger partial charge in [-0.25, -0.2) is 4.79 Å². The van der Waals surface area contributed by atoms with Gasteiger partial charge in [0, 0.05) is 24.3 Å². The molecule has 2 saturated heterocycles. The van der Waals surface area contributed by atoms with E-state index in [9.17, 15) is 4.79 Å². The molecule has 2 unspecified atom stereocenters. The molecule has 21 heavy (non-hydrogen) atoms. The lowest BCUT2D eigenvalue weighted by Gasteiger charge is -2.37. The zero-order chi connectivity index (χ0) is 14.9. The molecule has 2 aliphatic heterocycles. The Morgan fingerprint density at radius 3 is 3.14 bits per heavy atom. The molecule has 2 atom stereocenters. The van der Waals surface area contributed by atoms with Crippen LogP contribution in [0.5, 0.6) is 0 Å². The number of benzene rings is 1. The third kappa shape index (κ3) is 3.19. The lowest BCUT2D eigenvalue weighted by Crippen LogP contribution is -2.43. The minimum atomic E-state index is -0.271. The molecule has 0 radical (unpaired) electrons. The van der Waals surface area contributed by atoms with E-state index in [1.54, 1.807) is 12.1 Å². The molecule has 2 N–H and O–H groups in total. The van der Waals surface area contributed by atoms with E-state index in [1.165, 1.54) is 0 Å². The van der Waals surface area contributed by atoms with Gasteiger partial charge in [0.25, 0.3) is 0 Å². The summed E-state index contributed by atoms with van der Waals surface area (Å²) >= 11 is 1.92. The molecule has 1 spiro atoms. The maximum atomic E-state index is 12.4. The topological polar surface area (TPSA) is 61.6 Å². The maximum absolute atomic E-state index is 12.4. The summed E-state index contributed by atoms with van der Waals surface area (Å²) in [5.74, 6) is 1.88. The summed E-state index contributed by atoms with van der Waals surface area (Å²) in [5.41, 5.74) is 7.74. The summed E-state index contributed by atoms with van der Waals surface area (Å²) in [6.07, 6.45) is 2.60. The third-order valence-electron chi connectivity index (χ3n) is 4.27. The molecule has 0 saturated carbocycles. The van der Waals surface area contributed by atoms with E-state index in [4.69, 9.17) is 15.2 Å². The van der Waals surface area contributed by atoms with Gasteiger partial charge in [0.1, 0.15) is 6.10 Å². The second-order valence-electron chi connectivity index (χ2n) is 5.93. The summed E-state index contributed by atoms with van der Waals surface area (Å²) in [5, 5.41) is 0. The van der Waals surface area contributed by atoms with Crippen molar-refractivity contribution in [3.05, 3.63) is 29.3 Å². The van der Waals surface area contributed by atoms with E-state index in [2.05, 4.69) is 0 Å². The van der Waals surface area contributed by atoms with Gasteiger partial charge in [0.05, 0.1) is 17.8 Å². The largest absolute Gasteiger partial charge is 0.459 e. The highest BCUT2D eigenvalue weighted by Gasteiger charge is 2.41. The Labute approximate surface area is 129 Å². The van der Waals surface area contributed by atoms with Crippen LogP contribution in [0.2, 0.25) is 0 Å². The van der Waals surface area contributed by atoms with Crippen LogP contribution in [0.25, 0.3) is 0 Å². The number of nitrogens with two attached hydrogens (primary N) is 1. The Morgan fingerprint density at radius 2 is 2.38 bits per heavy atom. The van der Waals surface area contributed by atoms with Gasteiger partial charge in [-0.05, 0) is 36.8 Å². The van der Waals surface area contributed by atoms with Gasteiger partial charge in [-0.3, -0.25) is 0 Å². The monoisotopic (exact) mass is 307 g/mol. The first-order valence-corrected chi connectivity index (χ1v) is 8.52. The van der Waals surface area contributed by atoms with Gasteiger partial charge in [0.15, 0.2) is 0 Å². The first-order chi connectivity index (χ1) is 10.1. The molecular formula is C16H21NO3S. The summed E-state index contributed by atoms with van der Waals surface area (Å²) in [4.78, 5) is 12.4. The van der Waals surface area contributed by atoms with E-state index in [0.717, 1.165) is 36.3 Å². The second kappa shape index (κ2) is 5.89. The van der Waals surface area contributed by atoms with E-state index in [0.29, 0.717) is 17.9 Å². The van der Waals surface area contributed by atoms with Crippen LogP contribution < -0.4 is 5.73 Å². The SMILES string of the molecule is Cc1ccc(N)cc1C(=O)OC1CCOC2(CCSC2)C1. The van der Waals surface area contributed by atoms with Crippen molar-refractivity contribution >= 4 is 23.4 Å². The zero-order valence-electron chi connectivity index (χ0n) is 12.3. The van der Waals surface area contributed by atoms with Crippen LogP contribution in [0.15, 0.2) is 18.2 Å². The van der Waals surface area contributed by atoms with Crippen molar-refractivity contribution in [1.29, 1.82) is 0 Å². The fourth-order valence-electron chi connectivity index (χ4n) is 3.02. The number of hydrogen-bond donors (Lipinski definition) is 1. The van der Waals surface area contributed by atoms with Crippen molar-refractivity contribution in [1.82, 2.24) is 0 Å². The number of rotatable bonds is 2. The Bertz CT molecular complexity index is 540. The van der Waals surface area contributed by atoms with Gasteiger partial charge in [-0.1, -0.05) is 6.07 Å². The normalized spacial score (nSPS) is 28.7. The summed E-state index contributed by atoms with van der Waals surface area (Å²) < 4.78 is 11.7. The predicted molar refractivity (Wildman–Crippen MR) is 84.7 cm³/mol. The van der Waals surface area contributed by atoms with Gasteiger partial charge in [0.2, 0.25) is 0 Å². The van der Waals surface area contributed by atoms with Crippen molar-refractivity contribution in [3.8, 4) is 0 Å². The van der Waals surface area contributed by atoms with E-state index in [1.807, 2.05) is 24.8 Å². The molecule has 2 fully saturated rings. The average Bonchev–Trinajstić information content (AvgIpc) is 2.89. The van der Waals surface area contributed by atoms with Crippen molar-refractivity contribution in [2.24, 2.45) is 0 Å². The summed E-state index contributed by atoms with van der Waals surface area (Å²) in [7, 11) is 0. The smallest absolute Gasteiger partial charge is 0.338 e. The van der Waals surface area contributed by atoms with Crippen molar-refractivity contribution in [2.75, 3.05) is 23.8 Å². The van der Waals surface area contributed by atoms with Crippen molar-refractivity contribution < 1.29 is 14.3 Å². The Hall–Kier alpha value is -1.20. The third-order valence-corrected chi connectivity index (χ3v) is 5.49. The van der Waals surface area contributed by atoms with E-state index >= 15 is 0 Å².